The van der Waals surface area contributed by atoms with Crippen molar-refractivity contribution in [3.8, 4) is 5.75 Å². The zero-order chi connectivity index (χ0) is 27.4. The zero-order valence-corrected chi connectivity index (χ0v) is 20.3. The molecule has 0 radical (unpaired) electrons. The fourth-order valence-electron chi connectivity index (χ4n) is 3.23. The summed E-state index contributed by atoms with van der Waals surface area (Å²) in [5.74, 6) is -4.49. The number of phenolic OH excluding ortho intramolecular Hbond substituents is 1. The van der Waals surface area contributed by atoms with Crippen molar-refractivity contribution in [3.05, 3.63) is 29.8 Å². The monoisotopic (exact) mass is 509 g/mol. The van der Waals surface area contributed by atoms with Crippen LogP contribution in [0.4, 0.5) is 0 Å². The second-order valence-corrected chi connectivity index (χ2v) is 8.82. The summed E-state index contributed by atoms with van der Waals surface area (Å²) in [6.07, 6.45) is -0.350. The van der Waals surface area contributed by atoms with Gasteiger partial charge >= 0.3 is 5.97 Å². The Hall–Kier alpha value is -3.71. The molecule has 0 saturated heterocycles. The molecule has 1 aromatic carbocycles. The van der Waals surface area contributed by atoms with Gasteiger partial charge in [0, 0.05) is 12.8 Å². The molecule has 1 aromatic rings. The number of carbonyl (C=O) groups excluding carboxylic acids is 4. The first-order chi connectivity index (χ1) is 16.8. The van der Waals surface area contributed by atoms with E-state index in [0.29, 0.717) is 5.56 Å². The number of carbonyl (C=O) groups is 5. The van der Waals surface area contributed by atoms with Crippen LogP contribution in [0, 0.1) is 5.92 Å². The molecule has 0 aliphatic heterocycles. The molecule has 0 aliphatic rings. The van der Waals surface area contributed by atoms with Crippen LogP contribution in [0.25, 0.3) is 0 Å². The van der Waals surface area contributed by atoms with Crippen molar-refractivity contribution >= 4 is 29.6 Å². The number of carboxylic acids is 1. The topological polar surface area (TPSA) is 234 Å². The van der Waals surface area contributed by atoms with Gasteiger partial charge < -0.3 is 42.7 Å². The van der Waals surface area contributed by atoms with Gasteiger partial charge in [-0.2, -0.15) is 0 Å². The van der Waals surface area contributed by atoms with E-state index in [1.807, 2.05) is 0 Å². The van der Waals surface area contributed by atoms with E-state index in [4.69, 9.17) is 16.6 Å². The van der Waals surface area contributed by atoms with E-state index < -0.39 is 60.4 Å². The highest BCUT2D eigenvalue weighted by Gasteiger charge is 2.31. The van der Waals surface area contributed by atoms with E-state index >= 15 is 0 Å². The highest BCUT2D eigenvalue weighted by atomic mass is 16.4. The van der Waals surface area contributed by atoms with E-state index in [0.717, 1.165) is 0 Å². The summed E-state index contributed by atoms with van der Waals surface area (Å²) in [6.45, 7) is 2.92. The Balaban J connectivity index is 3.02. The molecule has 0 aromatic heterocycles. The molecule has 0 aliphatic carbocycles. The number of hydrogen-bond donors (Lipinski definition) is 8. The molecule has 36 heavy (non-hydrogen) atoms. The Morgan fingerprint density at radius 2 is 1.42 bits per heavy atom. The van der Waals surface area contributed by atoms with Crippen molar-refractivity contribution < 1.29 is 39.3 Å². The van der Waals surface area contributed by atoms with Crippen LogP contribution >= 0.6 is 0 Å². The molecule has 10 N–H and O–H groups in total. The molecule has 4 amide bonds. The second-order valence-electron chi connectivity index (χ2n) is 8.82. The third kappa shape index (κ3) is 10.7. The summed E-state index contributed by atoms with van der Waals surface area (Å²) in [7, 11) is 0. The van der Waals surface area contributed by atoms with Crippen molar-refractivity contribution in [2.45, 2.75) is 63.7 Å². The molecule has 200 valence electrons. The summed E-state index contributed by atoms with van der Waals surface area (Å²) in [5.41, 5.74) is 11.2. The number of primary amides is 1. The molecule has 4 unspecified atom stereocenters. The standard InChI is InChI=1S/C23H35N5O8/c1-12(2)9-17(22(34)28-18(23(35)36)10-13-3-5-14(30)6-4-13)27-21(33)16(7-8-19(25)31)26-20(32)15(24)11-29/h3-6,12,15-18,29-30H,7-11,24H2,1-2H3,(H2,25,31)(H,26,32)(H,27,33)(H,28,34)(H,35,36). The molecule has 0 saturated carbocycles. The molecule has 0 bridgehead atoms. The first-order valence-electron chi connectivity index (χ1n) is 11.4. The first kappa shape index (κ1) is 30.3. The summed E-state index contributed by atoms with van der Waals surface area (Å²) in [6, 6.07) is 0.765. The Morgan fingerprint density at radius 3 is 1.92 bits per heavy atom. The van der Waals surface area contributed by atoms with Crippen LogP contribution in [0.3, 0.4) is 0 Å². The largest absolute Gasteiger partial charge is 0.508 e. The number of nitrogens with one attached hydrogen (secondary N) is 3. The lowest BCUT2D eigenvalue weighted by molar-refractivity contribution is -0.142. The quantitative estimate of drug-likeness (QED) is 0.132. The molecule has 1 rings (SSSR count). The minimum atomic E-state index is -1.32. The summed E-state index contributed by atoms with van der Waals surface area (Å²) in [4.78, 5) is 61.0. The number of amides is 4. The summed E-state index contributed by atoms with van der Waals surface area (Å²) in [5, 5.41) is 35.3. The van der Waals surface area contributed by atoms with Crippen LogP contribution in [0.5, 0.6) is 5.75 Å². The van der Waals surface area contributed by atoms with Gasteiger partial charge in [-0.05, 0) is 36.5 Å². The first-order valence-corrected chi connectivity index (χ1v) is 11.4. The molecule has 13 nitrogen and oxygen atoms in total. The number of phenols is 1. The number of aliphatic hydroxyl groups is 1. The summed E-state index contributed by atoms with van der Waals surface area (Å²) < 4.78 is 0. The Kier molecular flexibility index (Phi) is 12.3. The molecule has 0 spiro atoms. The van der Waals surface area contributed by atoms with E-state index in [2.05, 4.69) is 16.0 Å². The van der Waals surface area contributed by atoms with Crippen LogP contribution in [-0.2, 0) is 30.4 Å². The normalized spacial score (nSPS) is 14.2. The maximum absolute atomic E-state index is 13.0. The average Bonchev–Trinajstić information content (AvgIpc) is 2.80. The van der Waals surface area contributed by atoms with Crippen molar-refractivity contribution in [1.82, 2.24) is 16.0 Å². The van der Waals surface area contributed by atoms with Crippen LogP contribution < -0.4 is 27.4 Å². The fraction of sp³-hybridized carbons (Fsp3) is 0.522. The Bertz CT molecular complexity index is 922. The number of nitrogens with two attached hydrogens (primary N) is 2. The van der Waals surface area contributed by atoms with Crippen molar-refractivity contribution in [3.63, 3.8) is 0 Å². The lowest BCUT2D eigenvalue weighted by atomic mass is 10.0. The maximum atomic E-state index is 13.0. The zero-order valence-electron chi connectivity index (χ0n) is 20.3. The lowest BCUT2D eigenvalue weighted by Gasteiger charge is -2.26. The van der Waals surface area contributed by atoms with Crippen molar-refractivity contribution in [1.29, 1.82) is 0 Å². The van der Waals surface area contributed by atoms with Gasteiger partial charge in [0.1, 0.15) is 29.9 Å². The second kappa shape index (κ2) is 14.6. The van der Waals surface area contributed by atoms with Crippen LogP contribution in [0.15, 0.2) is 24.3 Å². The minimum Gasteiger partial charge on any atom is -0.508 e. The van der Waals surface area contributed by atoms with Crippen LogP contribution in [0.1, 0.15) is 38.7 Å². The number of aliphatic carboxylic acids is 1. The van der Waals surface area contributed by atoms with Gasteiger partial charge in [-0.25, -0.2) is 4.79 Å². The van der Waals surface area contributed by atoms with Gasteiger partial charge in [0.05, 0.1) is 6.61 Å². The number of rotatable bonds is 15. The summed E-state index contributed by atoms with van der Waals surface area (Å²) >= 11 is 0. The van der Waals surface area contributed by atoms with E-state index in [1.54, 1.807) is 13.8 Å². The van der Waals surface area contributed by atoms with E-state index in [-0.39, 0.29) is 37.4 Å². The molecule has 13 heteroatoms. The molecular formula is C23H35N5O8. The molecule has 0 heterocycles. The van der Waals surface area contributed by atoms with Gasteiger partial charge in [0.2, 0.25) is 23.6 Å². The SMILES string of the molecule is CC(C)CC(NC(=O)C(CCC(N)=O)NC(=O)C(N)CO)C(=O)NC(Cc1ccc(O)cc1)C(=O)O. The minimum absolute atomic E-state index is 0.00676. The Labute approximate surface area is 208 Å². The number of carboxylic acid groups (broad SMARTS) is 1. The van der Waals surface area contributed by atoms with Crippen LogP contribution in [0.2, 0.25) is 0 Å². The average molecular weight is 510 g/mol. The fourth-order valence-corrected chi connectivity index (χ4v) is 3.23. The van der Waals surface area contributed by atoms with Gasteiger partial charge in [0.25, 0.3) is 0 Å². The van der Waals surface area contributed by atoms with Crippen molar-refractivity contribution in [2.24, 2.45) is 17.4 Å². The predicted octanol–water partition coefficient (Wildman–Crippen LogP) is -1.90. The molecule has 4 atom stereocenters. The third-order valence-corrected chi connectivity index (χ3v) is 5.18. The van der Waals surface area contributed by atoms with E-state index in [1.165, 1.54) is 24.3 Å². The highest BCUT2D eigenvalue weighted by Crippen LogP contribution is 2.12. The predicted molar refractivity (Wildman–Crippen MR) is 128 cm³/mol. The molecular weight excluding hydrogens is 474 g/mol. The van der Waals surface area contributed by atoms with Crippen LogP contribution in [-0.4, -0.2) is 75.7 Å². The van der Waals surface area contributed by atoms with Gasteiger partial charge in [0.15, 0.2) is 0 Å². The third-order valence-electron chi connectivity index (χ3n) is 5.18. The lowest BCUT2D eigenvalue weighted by Crippen LogP contribution is -2.57. The maximum Gasteiger partial charge on any atom is 0.326 e. The van der Waals surface area contributed by atoms with Gasteiger partial charge in [-0.15, -0.1) is 0 Å². The number of aromatic hydroxyl groups is 1. The smallest absolute Gasteiger partial charge is 0.326 e. The molecule has 0 fully saturated rings. The van der Waals surface area contributed by atoms with Crippen molar-refractivity contribution in [2.75, 3.05) is 6.61 Å². The Morgan fingerprint density at radius 1 is 0.889 bits per heavy atom. The van der Waals surface area contributed by atoms with Gasteiger partial charge in [-0.3, -0.25) is 19.2 Å². The number of aliphatic hydroxyl groups excluding tert-OH is 1. The van der Waals surface area contributed by atoms with Gasteiger partial charge in [-0.1, -0.05) is 26.0 Å². The van der Waals surface area contributed by atoms with E-state index in [9.17, 15) is 34.2 Å². The highest BCUT2D eigenvalue weighted by molar-refractivity contribution is 5.94. The number of hydrogen-bond acceptors (Lipinski definition) is 8. The number of benzene rings is 1.